The van der Waals surface area contributed by atoms with Crippen molar-refractivity contribution in [2.75, 3.05) is 5.43 Å². The second kappa shape index (κ2) is 8.10. The fourth-order valence-electron chi connectivity index (χ4n) is 2.93. The van der Waals surface area contributed by atoms with Gasteiger partial charge in [-0.1, -0.05) is 41.5 Å². The molecule has 30 heavy (non-hydrogen) atoms. The Morgan fingerprint density at radius 1 is 0.933 bits per heavy atom. The third-order valence-corrected chi connectivity index (χ3v) is 4.54. The van der Waals surface area contributed by atoms with Crippen molar-refractivity contribution in [2.24, 2.45) is 5.10 Å². The van der Waals surface area contributed by atoms with Crippen molar-refractivity contribution in [2.45, 2.75) is 52.4 Å². The lowest BCUT2D eigenvalue weighted by Crippen LogP contribution is -2.18. The molecule has 0 aliphatic heterocycles. The first kappa shape index (κ1) is 22.8. The summed E-state index contributed by atoms with van der Waals surface area (Å²) >= 11 is 0. The molecule has 2 N–H and O–H groups in total. The zero-order chi connectivity index (χ0) is 22.9. The summed E-state index contributed by atoms with van der Waals surface area (Å²) in [5.41, 5.74) is 3.41. The highest BCUT2D eigenvalue weighted by molar-refractivity contribution is 5.82. The molecule has 0 heterocycles. The smallest absolute Gasteiger partial charge is 0.301 e. The van der Waals surface area contributed by atoms with E-state index in [9.17, 15) is 25.3 Å². The summed E-state index contributed by atoms with van der Waals surface area (Å²) in [6.45, 7) is 12.0. The second-order valence-corrected chi connectivity index (χ2v) is 9.05. The number of non-ortho nitro benzene ring substituents is 1. The average Bonchev–Trinajstić information content (AvgIpc) is 2.60. The van der Waals surface area contributed by atoms with E-state index in [-0.39, 0.29) is 28.0 Å². The predicted octanol–water partition coefficient (Wildman–Crippen LogP) is 5.25. The summed E-state index contributed by atoms with van der Waals surface area (Å²) in [6.07, 6.45) is 1.50. The number of phenolic OH excluding ortho intramolecular Hbond substituents is 1. The molecule has 9 nitrogen and oxygen atoms in total. The van der Waals surface area contributed by atoms with Crippen LogP contribution in [0.15, 0.2) is 35.4 Å². The molecule has 0 fully saturated rings. The Bertz CT molecular complexity index is 982. The van der Waals surface area contributed by atoms with E-state index in [4.69, 9.17) is 0 Å². The molecule has 2 rings (SSSR count). The van der Waals surface area contributed by atoms with Crippen LogP contribution in [0, 0.1) is 20.2 Å². The highest BCUT2D eigenvalue weighted by atomic mass is 16.6. The van der Waals surface area contributed by atoms with E-state index in [1.807, 2.05) is 53.7 Å². The van der Waals surface area contributed by atoms with E-state index in [0.717, 1.165) is 17.2 Å². The van der Waals surface area contributed by atoms with E-state index in [1.165, 1.54) is 18.3 Å². The number of hydrogen-bond donors (Lipinski definition) is 2. The summed E-state index contributed by atoms with van der Waals surface area (Å²) in [4.78, 5) is 20.7. The molecule has 0 bridgehead atoms. The monoisotopic (exact) mass is 414 g/mol. The molecule has 0 atom stereocenters. The van der Waals surface area contributed by atoms with Gasteiger partial charge in [0.1, 0.15) is 11.4 Å². The number of nitro groups is 2. The van der Waals surface area contributed by atoms with Crippen molar-refractivity contribution in [3.8, 4) is 5.75 Å². The molecule has 0 aliphatic rings. The van der Waals surface area contributed by atoms with Gasteiger partial charge in [0.15, 0.2) is 0 Å². The normalized spacial score (nSPS) is 12.2. The van der Waals surface area contributed by atoms with Gasteiger partial charge in [-0.3, -0.25) is 25.7 Å². The number of nitrogens with one attached hydrogen (secondary N) is 1. The van der Waals surface area contributed by atoms with Crippen LogP contribution in [0.25, 0.3) is 0 Å². The Morgan fingerprint density at radius 3 is 1.90 bits per heavy atom. The van der Waals surface area contributed by atoms with Crippen molar-refractivity contribution in [3.05, 3.63) is 67.3 Å². The number of hydrogen-bond acceptors (Lipinski definition) is 7. The summed E-state index contributed by atoms with van der Waals surface area (Å²) in [7, 11) is 0. The van der Waals surface area contributed by atoms with Gasteiger partial charge >= 0.3 is 5.69 Å². The molecule has 0 unspecified atom stereocenters. The largest absolute Gasteiger partial charge is 0.507 e. The molecule has 0 radical (unpaired) electrons. The lowest BCUT2D eigenvalue weighted by Gasteiger charge is -2.27. The number of hydrazone groups is 1. The Labute approximate surface area is 174 Å². The number of anilines is 1. The highest BCUT2D eigenvalue weighted by Gasteiger charge is 2.26. The van der Waals surface area contributed by atoms with E-state index in [0.29, 0.717) is 5.56 Å². The van der Waals surface area contributed by atoms with Gasteiger partial charge in [-0.2, -0.15) is 5.10 Å². The summed E-state index contributed by atoms with van der Waals surface area (Å²) in [6, 6.07) is 6.93. The molecule has 0 amide bonds. The van der Waals surface area contributed by atoms with Crippen LogP contribution >= 0.6 is 0 Å². The molecule has 0 spiro atoms. The van der Waals surface area contributed by atoms with Crippen LogP contribution in [-0.2, 0) is 10.8 Å². The number of benzene rings is 2. The number of phenols is 1. The van der Waals surface area contributed by atoms with Crippen molar-refractivity contribution in [1.82, 2.24) is 0 Å². The molecule has 0 saturated carbocycles. The maximum absolute atomic E-state index is 11.2. The second-order valence-electron chi connectivity index (χ2n) is 9.05. The fourth-order valence-corrected chi connectivity index (χ4v) is 2.93. The molecule has 0 aromatic heterocycles. The van der Waals surface area contributed by atoms with Gasteiger partial charge in [0.2, 0.25) is 0 Å². The van der Waals surface area contributed by atoms with Crippen molar-refractivity contribution in [3.63, 3.8) is 0 Å². The number of aromatic hydroxyl groups is 1. The van der Waals surface area contributed by atoms with Crippen LogP contribution in [0.2, 0.25) is 0 Å². The van der Waals surface area contributed by atoms with E-state index in [2.05, 4.69) is 10.5 Å². The van der Waals surface area contributed by atoms with Gasteiger partial charge in [0, 0.05) is 17.2 Å². The predicted molar refractivity (Wildman–Crippen MR) is 116 cm³/mol. The minimum atomic E-state index is -0.708. The van der Waals surface area contributed by atoms with Gasteiger partial charge in [-0.05, 0) is 34.6 Å². The molecule has 9 heteroatoms. The van der Waals surface area contributed by atoms with Crippen LogP contribution < -0.4 is 5.43 Å². The Kier molecular flexibility index (Phi) is 6.15. The van der Waals surface area contributed by atoms with E-state index < -0.39 is 15.5 Å². The molecule has 0 aliphatic carbocycles. The molecular formula is C21H26N4O5. The maximum atomic E-state index is 11.2. The average molecular weight is 414 g/mol. The first-order valence-corrected chi connectivity index (χ1v) is 9.31. The van der Waals surface area contributed by atoms with Gasteiger partial charge in [-0.15, -0.1) is 0 Å². The van der Waals surface area contributed by atoms with Gasteiger partial charge in [0.05, 0.1) is 22.1 Å². The Hall–Kier alpha value is -3.49. The van der Waals surface area contributed by atoms with Crippen LogP contribution in [0.4, 0.5) is 17.1 Å². The fraction of sp³-hybridized carbons (Fsp3) is 0.381. The zero-order valence-electron chi connectivity index (χ0n) is 17.9. The van der Waals surface area contributed by atoms with E-state index in [1.54, 1.807) is 0 Å². The van der Waals surface area contributed by atoms with Gasteiger partial charge in [-0.25, -0.2) is 0 Å². The third-order valence-electron chi connectivity index (χ3n) is 4.54. The van der Waals surface area contributed by atoms with Crippen molar-refractivity contribution in [1.29, 1.82) is 0 Å². The molecule has 2 aromatic rings. The topological polar surface area (TPSA) is 131 Å². The number of nitrogens with zero attached hydrogens (tertiary/aromatic N) is 3. The highest BCUT2D eigenvalue weighted by Crippen LogP contribution is 2.39. The quantitative estimate of drug-likeness (QED) is 0.390. The van der Waals surface area contributed by atoms with E-state index >= 15 is 0 Å². The standard InChI is InChI=1S/C21H26N4O5/c1-20(2,3)15-9-13(10-16(19(15)26)21(4,5)6)12-22-23-17-8-7-14(24(27)28)11-18(17)25(29)30/h7-12,23,26H,1-6H3/b22-12+. The lowest BCUT2D eigenvalue weighted by atomic mass is 9.78. The summed E-state index contributed by atoms with van der Waals surface area (Å²) in [5.74, 6) is 0.242. The summed E-state index contributed by atoms with van der Waals surface area (Å²) in [5, 5.41) is 36.9. The SMILES string of the molecule is CC(C)(C)c1cc(/C=N/Nc2ccc([N+](=O)[O-])cc2[N+](=O)[O-])cc(C(C)(C)C)c1O. The molecule has 160 valence electrons. The first-order valence-electron chi connectivity index (χ1n) is 9.31. The first-order chi connectivity index (χ1) is 13.7. The number of rotatable bonds is 5. The van der Waals surface area contributed by atoms with Crippen LogP contribution in [0.1, 0.15) is 58.2 Å². The van der Waals surface area contributed by atoms with Crippen molar-refractivity contribution >= 4 is 23.3 Å². The minimum absolute atomic E-state index is 0.0349. The van der Waals surface area contributed by atoms with Crippen molar-refractivity contribution < 1.29 is 15.0 Å². The summed E-state index contributed by atoms with van der Waals surface area (Å²) < 4.78 is 0. The molecule has 2 aromatic carbocycles. The molecule has 0 saturated heterocycles. The zero-order valence-corrected chi connectivity index (χ0v) is 17.9. The van der Waals surface area contributed by atoms with Crippen LogP contribution in [0.5, 0.6) is 5.75 Å². The van der Waals surface area contributed by atoms with Crippen LogP contribution in [-0.4, -0.2) is 21.2 Å². The van der Waals surface area contributed by atoms with Gasteiger partial charge < -0.3 is 5.11 Å². The minimum Gasteiger partial charge on any atom is -0.507 e. The number of nitro benzene ring substituents is 2. The Morgan fingerprint density at radius 2 is 1.47 bits per heavy atom. The van der Waals surface area contributed by atoms with Crippen LogP contribution in [0.3, 0.4) is 0 Å². The van der Waals surface area contributed by atoms with Gasteiger partial charge in [0.25, 0.3) is 5.69 Å². The lowest BCUT2D eigenvalue weighted by molar-refractivity contribution is -0.393. The third kappa shape index (κ3) is 5.11. The molecular weight excluding hydrogens is 388 g/mol. The maximum Gasteiger partial charge on any atom is 0.301 e. The Balaban J connectivity index is 2.44.